The van der Waals surface area contributed by atoms with Gasteiger partial charge in [-0.15, -0.1) is 0 Å². The molecule has 0 amide bonds. The van der Waals surface area contributed by atoms with E-state index in [1.165, 1.54) is 36.8 Å². The van der Waals surface area contributed by atoms with Crippen molar-refractivity contribution in [1.29, 1.82) is 0 Å². The van der Waals surface area contributed by atoms with Crippen molar-refractivity contribution in [3.63, 3.8) is 0 Å². The number of aryl methyl sites for hydroxylation is 1. The summed E-state index contributed by atoms with van der Waals surface area (Å²) in [5, 5.41) is 0.880. The van der Waals surface area contributed by atoms with Crippen molar-refractivity contribution in [1.82, 2.24) is 0 Å². The van der Waals surface area contributed by atoms with E-state index in [0.29, 0.717) is 5.41 Å². The fourth-order valence-electron chi connectivity index (χ4n) is 2.50. The zero-order valence-corrected chi connectivity index (χ0v) is 11.7. The maximum Gasteiger partial charge on any atom is 0.0409 e. The highest BCUT2D eigenvalue weighted by Crippen LogP contribution is 2.40. The smallest absolute Gasteiger partial charge is 0.0409 e. The van der Waals surface area contributed by atoms with Crippen LogP contribution in [0.15, 0.2) is 18.2 Å². The summed E-state index contributed by atoms with van der Waals surface area (Å²) in [4.78, 5) is 0. The second-order valence-corrected chi connectivity index (χ2v) is 5.01. The molecule has 1 aliphatic rings. The molecular formula is C15H23Cl. The normalized spacial score (nSPS) is 23.1. The Labute approximate surface area is 105 Å². The second-order valence-electron chi connectivity index (χ2n) is 4.57. The van der Waals surface area contributed by atoms with Crippen molar-refractivity contribution in [3.8, 4) is 0 Å². The van der Waals surface area contributed by atoms with Crippen LogP contribution in [0.1, 0.15) is 58.1 Å². The van der Waals surface area contributed by atoms with Gasteiger partial charge in [0.2, 0.25) is 0 Å². The summed E-state index contributed by atoms with van der Waals surface area (Å²) in [6, 6.07) is 6.38. The van der Waals surface area contributed by atoms with Crippen LogP contribution in [-0.2, 0) is 11.8 Å². The molecule has 0 N–H and O–H groups in total. The molecule has 2 rings (SSSR count). The molecule has 1 unspecified atom stereocenters. The van der Waals surface area contributed by atoms with Crippen LogP contribution in [0.4, 0.5) is 0 Å². The molecule has 0 aliphatic heterocycles. The van der Waals surface area contributed by atoms with Gasteiger partial charge >= 0.3 is 0 Å². The third kappa shape index (κ3) is 2.60. The molecular weight excluding hydrogens is 216 g/mol. The summed E-state index contributed by atoms with van der Waals surface area (Å²) < 4.78 is 0. The molecule has 0 saturated carbocycles. The standard InChI is InChI=1S/C13H17Cl.C2H6/c1-3-13(2)8-4-5-10-6-7-11(14)9-12(10)13;1-2/h6-7,9H,3-5,8H2,1-2H3;1-2H3. The summed E-state index contributed by atoms with van der Waals surface area (Å²) in [7, 11) is 0. The lowest BCUT2D eigenvalue weighted by Gasteiger charge is -2.35. The van der Waals surface area contributed by atoms with Crippen LogP contribution in [0, 0.1) is 0 Å². The predicted octanol–water partition coefficient (Wildman–Crippen LogP) is 5.37. The van der Waals surface area contributed by atoms with Gasteiger partial charge in [0.25, 0.3) is 0 Å². The maximum atomic E-state index is 6.06. The van der Waals surface area contributed by atoms with E-state index in [9.17, 15) is 0 Å². The Morgan fingerprint density at radius 3 is 2.62 bits per heavy atom. The van der Waals surface area contributed by atoms with Gasteiger partial charge in [-0.25, -0.2) is 0 Å². The van der Waals surface area contributed by atoms with Gasteiger partial charge in [-0.3, -0.25) is 0 Å². The lowest BCUT2D eigenvalue weighted by atomic mass is 9.70. The zero-order chi connectivity index (χ0) is 12.2. The maximum absolute atomic E-state index is 6.06. The van der Waals surface area contributed by atoms with Gasteiger partial charge in [-0.1, -0.05) is 45.4 Å². The van der Waals surface area contributed by atoms with E-state index in [-0.39, 0.29) is 0 Å². The number of rotatable bonds is 1. The van der Waals surface area contributed by atoms with Crippen LogP contribution in [-0.4, -0.2) is 0 Å². The highest BCUT2D eigenvalue weighted by molar-refractivity contribution is 6.30. The fraction of sp³-hybridized carbons (Fsp3) is 0.600. The molecule has 0 fully saturated rings. The Morgan fingerprint density at radius 2 is 2.00 bits per heavy atom. The van der Waals surface area contributed by atoms with E-state index in [4.69, 9.17) is 11.6 Å². The van der Waals surface area contributed by atoms with Gasteiger partial charge in [-0.2, -0.15) is 0 Å². The number of hydrogen-bond acceptors (Lipinski definition) is 0. The van der Waals surface area contributed by atoms with Gasteiger partial charge < -0.3 is 0 Å². The molecule has 0 nitrogen and oxygen atoms in total. The van der Waals surface area contributed by atoms with Crippen molar-refractivity contribution in [3.05, 3.63) is 34.3 Å². The van der Waals surface area contributed by atoms with Crippen LogP contribution < -0.4 is 0 Å². The second kappa shape index (κ2) is 5.72. The topological polar surface area (TPSA) is 0 Å². The predicted molar refractivity (Wildman–Crippen MR) is 73.4 cm³/mol. The third-order valence-corrected chi connectivity index (χ3v) is 3.91. The quantitative estimate of drug-likeness (QED) is 0.617. The average molecular weight is 239 g/mol. The van der Waals surface area contributed by atoms with E-state index in [1.807, 2.05) is 19.9 Å². The monoisotopic (exact) mass is 238 g/mol. The van der Waals surface area contributed by atoms with Crippen molar-refractivity contribution >= 4 is 11.6 Å². The van der Waals surface area contributed by atoms with E-state index in [2.05, 4.69) is 26.0 Å². The Hall–Kier alpha value is -0.490. The number of halogens is 1. The Kier molecular flexibility index (Phi) is 4.86. The van der Waals surface area contributed by atoms with Crippen molar-refractivity contribution < 1.29 is 0 Å². The summed E-state index contributed by atoms with van der Waals surface area (Å²) >= 11 is 6.06. The molecule has 1 aliphatic carbocycles. The van der Waals surface area contributed by atoms with Crippen LogP contribution in [0.3, 0.4) is 0 Å². The molecule has 1 aromatic carbocycles. The molecule has 1 heteroatoms. The van der Waals surface area contributed by atoms with Gasteiger partial charge in [0.15, 0.2) is 0 Å². The molecule has 0 aromatic heterocycles. The SMILES string of the molecule is CC.CCC1(C)CCCc2ccc(Cl)cc21. The molecule has 16 heavy (non-hydrogen) atoms. The minimum Gasteiger partial charge on any atom is -0.0843 e. The highest BCUT2D eigenvalue weighted by atomic mass is 35.5. The third-order valence-electron chi connectivity index (χ3n) is 3.68. The van der Waals surface area contributed by atoms with Gasteiger partial charge in [-0.05, 0) is 54.4 Å². The van der Waals surface area contributed by atoms with E-state index in [1.54, 1.807) is 0 Å². The molecule has 0 heterocycles. The van der Waals surface area contributed by atoms with Crippen LogP contribution in [0.5, 0.6) is 0 Å². The Bertz CT molecular complexity index is 343. The first kappa shape index (κ1) is 13.6. The van der Waals surface area contributed by atoms with Crippen molar-refractivity contribution in [2.45, 2.75) is 58.8 Å². The van der Waals surface area contributed by atoms with Crippen LogP contribution in [0.25, 0.3) is 0 Å². The highest BCUT2D eigenvalue weighted by Gasteiger charge is 2.30. The zero-order valence-electron chi connectivity index (χ0n) is 10.9. The molecule has 1 aromatic rings. The summed E-state index contributed by atoms with van der Waals surface area (Å²) in [6.45, 7) is 8.64. The van der Waals surface area contributed by atoms with Crippen LogP contribution in [0.2, 0.25) is 5.02 Å². The summed E-state index contributed by atoms with van der Waals surface area (Å²) in [5.41, 5.74) is 3.35. The number of fused-ring (bicyclic) bond motifs is 1. The van der Waals surface area contributed by atoms with E-state index < -0.39 is 0 Å². The molecule has 0 saturated heterocycles. The number of benzene rings is 1. The fourth-order valence-corrected chi connectivity index (χ4v) is 2.67. The van der Waals surface area contributed by atoms with Crippen LogP contribution >= 0.6 is 11.6 Å². The average Bonchev–Trinajstić information content (AvgIpc) is 2.33. The first-order chi connectivity index (χ1) is 7.65. The summed E-state index contributed by atoms with van der Waals surface area (Å²) in [5.74, 6) is 0. The number of hydrogen-bond donors (Lipinski definition) is 0. The largest absolute Gasteiger partial charge is 0.0843 e. The lowest BCUT2D eigenvalue weighted by Crippen LogP contribution is -2.26. The lowest BCUT2D eigenvalue weighted by molar-refractivity contribution is 0.381. The first-order valence-electron chi connectivity index (χ1n) is 6.44. The molecule has 0 bridgehead atoms. The minimum absolute atomic E-state index is 0.360. The molecule has 0 radical (unpaired) electrons. The van der Waals surface area contributed by atoms with E-state index in [0.717, 1.165) is 5.02 Å². The molecule has 0 spiro atoms. The van der Waals surface area contributed by atoms with Gasteiger partial charge in [0.05, 0.1) is 0 Å². The Morgan fingerprint density at radius 1 is 1.31 bits per heavy atom. The van der Waals surface area contributed by atoms with Crippen molar-refractivity contribution in [2.24, 2.45) is 0 Å². The van der Waals surface area contributed by atoms with Crippen molar-refractivity contribution in [2.75, 3.05) is 0 Å². The minimum atomic E-state index is 0.360. The Balaban J connectivity index is 0.000000606. The van der Waals surface area contributed by atoms with Gasteiger partial charge in [0.1, 0.15) is 0 Å². The van der Waals surface area contributed by atoms with E-state index >= 15 is 0 Å². The molecule has 90 valence electrons. The molecule has 1 atom stereocenters. The van der Waals surface area contributed by atoms with Gasteiger partial charge in [0, 0.05) is 5.02 Å². The first-order valence-corrected chi connectivity index (χ1v) is 6.82. The summed E-state index contributed by atoms with van der Waals surface area (Å²) in [6.07, 6.45) is 5.05.